The highest BCUT2D eigenvalue weighted by molar-refractivity contribution is 4.41. The predicted octanol–water partition coefficient (Wildman–Crippen LogP) is 3.50. The highest BCUT2D eigenvalue weighted by atomic mass is 16.3. The van der Waals surface area contributed by atoms with Gasteiger partial charge in [0.2, 0.25) is 0 Å². The van der Waals surface area contributed by atoms with Gasteiger partial charge in [-0.05, 0) is 33.6 Å². The van der Waals surface area contributed by atoms with Crippen molar-refractivity contribution in [2.24, 2.45) is 0 Å². The third kappa shape index (κ3) is 103. The van der Waals surface area contributed by atoms with E-state index in [-0.39, 0.29) is 12.7 Å². The molecule has 0 saturated carbocycles. The first-order valence-electron chi connectivity index (χ1n) is 8.48. The maximum absolute atomic E-state index is 8.42. The van der Waals surface area contributed by atoms with Crippen molar-refractivity contribution in [3.8, 4) is 0 Å². The maximum Gasteiger partial charge on any atom is 0.0483 e. The van der Waals surface area contributed by atoms with Crippen molar-refractivity contribution in [3.05, 3.63) is 0 Å². The van der Waals surface area contributed by atoms with E-state index in [4.69, 9.17) is 20.4 Å². The molecule has 0 radical (unpaired) electrons. The molecule has 0 atom stereocenters. The molecule has 0 aliphatic carbocycles. The molecule has 4 N–H and O–H groups in total. The highest BCUT2D eigenvalue weighted by Crippen LogP contribution is 2.03. The van der Waals surface area contributed by atoms with Gasteiger partial charge < -0.3 is 20.4 Å². The quantitative estimate of drug-likeness (QED) is 0.517. The van der Waals surface area contributed by atoms with Crippen LogP contribution in [0.25, 0.3) is 0 Å². The molecule has 0 saturated heterocycles. The summed E-state index contributed by atoms with van der Waals surface area (Å²) in [5, 5.41) is 32.1. The lowest BCUT2D eigenvalue weighted by atomic mass is 10.1. The molecule has 21 heavy (non-hydrogen) atoms. The molecule has 0 amide bonds. The summed E-state index contributed by atoms with van der Waals surface area (Å²) >= 11 is 0. The summed E-state index contributed by atoms with van der Waals surface area (Å²) in [6, 6.07) is 0. The zero-order valence-electron chi connectivity index (χ0n) is 15.1. The molecule has 0 unspecified atom stereocenters. The van der Waals surface area contributed by atoms with Crippen LogP contribution >= 0.6 is 0 Å². The highest BCUT2D eigenvalue weighted by Gasteiger charge is 1.86. The van der Waals surface area contributed by atoms with Crippen LogP contribution in [0.3, 0.4) is 0 Å². The van der Waals surface area contributed by atoms with Crippen molar-refractivity contribution in [2.75, 3.05) is 19.8 Å². The number of unbranched alkanes of at least 4 members (excludes halogenated alkanes) is 6. The number of rotatable bonds is 8. The van der Waals surface area contributed by atoms with E-state index in [0.717, 1.165) is 19.3 Å². The normalized spacial score (nSPS) is 8.86. The van der Waals surface area contributed by atoms with Crippen LogP contribution in [0, 0.1) is 0 Å². The summed E-state index contributed by atoms with van der Waals surface area (Å²) in [4.78, 5) is 0. The number of aliphatic hydroxyl groups is 4. The topological polar surface area (TPSA) is 80.9 Å². The van der Waals surface area contributed by atoms with E-state index in [1.807, 2.05) is 0 Å². The van der Waals surface area contributed by atoms with Crippen molar-refractivity contribution < 1.29 is 20.4 Å². The molecule has 0 fully saturated rings. The van der Waals surface area contributed by atoms with Crippen LogP contribution in [0.1, 0.15) is 86.0 Å². The average molecular weight is 311 g/mol. The van der Waals surface area contributed by atoms with E-state index in [1.165, 1.54) is 32.1 Å². The van der Waals surface area contributed by atoms with Gasteiger partial charge in [-0.2, -0.15) is 0 Å². The fraction of sp³-hybridized carbons (Fsp3) is 1.00. The van der Waals surface area contributed by atoms with Crippen molar-refractivity contribution in [2.45, 2.75) is 92.1 Å². The minimum Gasteiger partial charge on any atom is -0.397 e. The summed E-state index contributed by atoms with van der Waals surface area (Å²) in [7, 11) is 0. The molecule has 4 heteroatoms. The number of hydrogen-bond donors (Lipinski definition) is 4. The first kappa shape index (κ1) is 28.9. The van der Waals surface area contributed by atoms with Gasteiger partial charge in [0.25, 0.3) is 0 Å². The van der Waals surface area contributed by atoms with Gasteiger partial charge in [-0.1, -0.05) is 52.4 Å². The fourth-order valence-corrected chi connectivity index (χ4v) is 1.05. The molecular formula is C17H42O4. The van der Waals surface area contributed by atoms with E-state index >= 15 is 0 Å². The zero-order chi connectivity index (χ0) is 17.4. The van der Waals surface area contributed by atoms with Gasteiger partial charge in [0.05, 0.1) is 0 Å². The Morgan fingerprint density at radius 2 is 0.905 bits per heavy atom. The van der Waals surface area contributed by atoms with Crippen molar-refractivity contribution >= 4 is 0 Å². The van der Waals surface area contributed by atoms with Crippen LogP contribution in [0.15, 0.2) is 0 Å². The van der Waals surface area contributed by atoms with E-state index < -0.39 is 0 Å². The Labute approximate surface area is 133 Å². The van der Waals surface area contributed by atoms with Gasteiger partial charge in [-0.15, -0.1) is 0 Å². The summed E-state index contributed by atoms with van der Waals surface area (Å²) in [5.74, 6) is 0. The van der Waals surface area contributed by atoms with Crippen molar-refractivity contribution in [1.82, 2.24) is 0 Å². The Balaban J connectivity index is -0.000000102. The van der Waals surface area contributed by atoms with Crippen LogP contribution in [0.2, 0.25) is 0 Å². The van der Waals surface area contributed by atoms with Crippen LogP contribution < -0.4 is 0 Å². The van der Waals surface area contributed by atoms with Gasteiger partial charge in [0, 0.05) is 25.9 Å². The molecule has 0 aliphatic heterocycles. The monoisotopic (exact) mass is 310 g/mol. The first-order valence-corrected chi connectivity index (χ1v) is 8.48. The predicted molar refractivity (Wildman–Crippen MR) is 92.6 cm³/mol. The molecule has 0 aromatic rings. The first-order chi connectivity index (χ1) is 9.97. The Kier molecular flexibility index (Phi) is 50.6. The van der Waals surface area contributed by atoms with Crippen LogP contribution in [0.5, 0.6) is 0 Å². The standard InChI is InChI=1S/C8H18O.C4H10O.C3H8O.C2H6O/c1-2-3-4-5-6-7-8-9;1-2-3-4-5;1-3(2)4;1-2-3/h9H,2-8H2,1H3;5H,2-4H2,1H3;3-4H,1-2H3;3H,2H2,1H3. The number of hydrogen-bond acceptors (Lipinski definition) is 4. The van der Waals surface area contributed by atoms with Crippen molar-refractivity contribution in [3.63, 3.8) is 0 Å². The molecule has 134 valence electrons. The molecule has 0 aromatic carbocycles. The van der Waals surface area contributed by atoms with Gasteiger partial charge in [0.15, 0.2) is 0 Å². The molecule has 0 aromatic heterocycles. The Morgan fingerprint density at radius 3 is 1.14 bits per heavy atom. The van der Waals surface area contributed by atoms with Crippen molar-refractivity contribution in [1.29, 1.82) is 0 Å². The summed E-state index contributed by atoms with van der Waals surface area (Å²) < 4.78 is 0. The largest absolute Gasteiger partial charge is 0.397 e. The minimum atomic E-state index is -0.167. The minimum absolute atomic E-state index is 0.167. The van der Waals surface area contributed by atoms with Gasteiger partial charge in [-0.25, -0.2) is 0 Å². The van der Waals surface area contributed by atoms with Crippen LogP contribution in [0.4, 0.5) is 0 Å². The Bertz CT molecular complexity index is 109. The molecule has 4 nitrogen and oxygen atoms in total. The molecule has 0 rings (SSSR count). The lowest BCUT2D eigenvalue weighted by Gasteiger charge is -1.95. The van der Waals surface area contributed by atoms with Gasteiger partial charge in [-0.3, -0.25) is 0 Å². The van der Waals surface area contributed by atoms with Gasteiger partial charge in [0.1, 0.15) is 0 Å². The summed E-state index contributed by atoms with van der Waals surface area (Å²) in [6.07, 6.45) is 9.37. The summed E-state index contributed by atoms with van der Waals surface area (Å²) in [5.41, 5.74) is 0. The molecule has 0 spiro atoms. The molecular weight excluding hydrogens is 268 g/mol. The maximum atomic E-state index is 8.42. The molecule has 0 bridgehead atoms. The second-order valence-corrected chi connectivity index (χ2v) is 4.98. The van der Waals surface area contributed by atoms with E-state index in [9.17, 15) is 0 Å². The van der Waals surface area contributed by atoms with Crippen LogP contribution in [-0.4, -0.2) is 46.4 Å². The third-order valence-corrected chi connectivity index (χ3v) is 2.02. The third-order valence-electron chi connectivity index (χ3n) is 2.02. The second-order valence-electron chi connectivity index (χ2n) is 4.98. The van der Waals surface area contributed by atoms with Gasteiger partial charge >= 0.3 is 0 Å². The molecule has 0 aliphatic rings. The SMILES string of the molecule is CC(C)O.CCCCCCCCO.CCCCO.CCO. The lowest BCUT2D eigenvalue weighted by molar-refractivity contribution is 0.216. The second kappa shape index (κ2) is 36.8. The average Bonchev–Trinajstić information content (AvgIpc) is 2.41. The summed E-state index contributed by atoms with van der Waals surface area (Å²) in [6.45, 7) is 10.4. The van der Waals surface area contributed by atoms with E-state index in [2.05, 4.69) is 13.8 Å². The van der Waals surface area contributed by atoms with Crippen LogP contribution in [-0.2, 0) is 0 Å². The lowest BCUT2D eigenvalue weighted by Crippen LogP contribution is -1.85. The van der Waals surface area contributed by atoms with E-state index in [1.54, 1.807) is 20.8 Å². The smallest absolute Gasteiger partial charge is 0.0483 e. The Morgan fingerprint density at radius 1 is 0.619 bits per heavy atom. The molecule has 0 heterocycles. The van der Waals surface area contributed by atoms with E-state index in [0.29, 0.717) is 13.2 Å². The fourth-order valence-electron chi connectivity index (χ4n) is 1.05. The number of aliphatic hydroxyl groups excluding tert-OH is 4. The zero-order valence-corrected chi connectivity index (χ0v) is 15.1. The Hall–Kier alpha value is -0.160.